The second-order valence-corrected chi connectivity index (χ2v) is 4.67. The molecule has 0 radical (unpaired) electrons. The minimum Gasteiger partial charge on any atom is -0.508 e. The van der Waals surface area contributed by atoms with Gasteiger partial charge in [0.1, 0.15) is 11.5 Å². The Morgan fingerprint density at radius 1 is 1.00 bits per heavy atom. The molecule has 0 bridgehead atoms. The monoisotopic (exact) mass is 255 g/mol. The van der Waals surface area contributed by atoms with Gasteiger partial charge in [0.15, 0.2) is 0 Å². The average Bonchev–Trinajstić information content (AvgIpc) is 2.47. The van der Waals surface area contributed by atoms with E-state index in [0.29, 0.717) is 5.69 Å². The Bertz CT molecular complexity index is 679. The first-order valence-electron chi connectivity index (χ1n) is 5.98. The van der Waals surface area contributed by atoms with Gasteiger partial charge in [-0.25, -0.2) is 0 Å². The SMILES string of the molecule is CN1C(=O)Cc2cc(O)ccc2-c2ccc(O)cc21. The molecule has 1 amide bonds. The van der Waals surface area contributed by atoms with Crippen LogP contribution in [0.3, 0.4) is 0 Å². The third-order valence-corrected chi connectivity index (χ3v) is 3.44. The molecule has 19 heavy (non-hydrogen) atoms. The van der Waals surface area contributed by atoms with Crippen molar-refractivity contribution in [3.8, 4) is 22.6 Å². The van der Waals surface area contributed by atoms with Gasteiger partial charge in [-0.3, -0.25) is 4.79 Å². The number of nitrogens with zero attached hydrogens (tertiary/aromatic N) is 1. The molecule has 1 heterocycles. The van der Waals surface area contributed by atoms with Gasteiger partial charge >= 0.3 is 0 Å². The number of hydrogen-bond acceptors (Lipinski definition) is 3. The van der Waals surface area contributed by atoms with Crippen molar-refractivity contribution in [3.05, 3.63) is 42.0 Å². The van der Waals surface area contributed by atoms with Crippen LogP contribution in [0.25, 0.3) is 11.1 Å². The van der Waals surface area contributed by atoms with Crippen LogP contribution in [-0.2, 0) is 11.2 Å². The van der Waals surface area contributed by atoms with E-state index in [1.54, 1.807) is 43.4 Å². The highest BCUT2D eigenvalue weighted by atomic mass is 16.3. The van der Waals surface area contributed by atoms with Crippen LogP contribution in [0.5, 0.6) is 11.5 Å². The molecule has 0 fully saturated rings. The molecule has 96 valence electrons. The highest BCUT2D eigenvalue weighted by Crippen LogP contribution is 2.39. The first kappa shape index (κ1) is 11.6. The number of benzene rings is 2. The molecule has 0 unspecified atom stereocenters. The van der Waals surface area contributed by atoms with Gasteiger partial charge < -0.3 is 15.1 Å². The van der Waals surface area contributed by atoms with Crippen molar-refractivity contribution < 1.29 is 15.0 Å². The minimum absolute atomic E-state index is 0.0730. The fourth-order valence-corrected chi connectivity index (χ4v) is 2.43. The smallest absolute Gasteiger partial charge is 0.231 e. The van der Waals surface area contributed by atoms with Crippen molar-refractivity contribution in [2.45, 2.75) is 6.42 Å². The molecule has 2 N–H and O–H groups in total. The third-order valence-electron chi connectivity index (χ3n) is 3.44. The zero-order chi connectivity index (χ0) is 13.6. The van der Waals surface area contributed by atoms with E-state index in [-0.39, 0.29) is 23.8 Å². The van der Waals surface area contributed by atoms with Crippen LogP contribution in [0.4, 0.5) is 5.69 Å². The van der Waals surface area contributed by atoms with Crippen LogP contribution in [0, 0.1) is 0 Å². The van der Waals surface area contributed by atoms with Crippen molar-refractivity contribution in [2.75, 3.05) is 11.9 Å². The predicted molar refractivity (Wildman–Crippen MR) is 72.3 cm³/mol. The molecule has 0 atom stereocenters. The predicted octanol–water partition coefficient (Wildman–Crippen LogP) is 2.28. The summed E-state index contributed by atoms with van der Waals surface area (Å²) in [7, 11) is 1.69. The number of hydrogen-bond donors (Lipinski definition) is 2. The van der Waals surface area contributed by atoms with Crippen LogP contribution in [0.2, 0.25) is 0 Å². The van der Waals surface area contributed by atoms with E-state index in [2.05, 4.69) is 0 Å². The zero-order valence-electron chi connectivity index (χ0n) is 10.4. The van der Waals surface area contributed by atoms with Crippen LogP contribution in [0.15, 0.2) is 36.4 Å². The largest absolute Gasteiger partial charge is 0.508 e. The van der Waals surface area contributed by atoms with Crippen molar-refractivity contribution in [2.24, 2.45) is 0 Å². The summed E-state index contributed by atoms with van der Waals surface area (Å²) in [6.45, 7) is 0. The number of likely N-dealkylation sites (N-methyl/N-ethyl adjacent to an activating group) is 1. The second kappa shape index (κ2) is 4.02. The Balaban J connectivity index is 2.32. The number of fused-ring (bicyclic) bond motifs is 3. The number of amides is 1. The highest BCUT2D eigenvalue weighted by molar-refractivity contribution is 6.02. The molecule has 2 aromatic carbocycles. The number of aromatic hydroxyl groups is 2. The van der Waals surface area contributed by atoms with E-state index in [4.69, 9.17) is 0 Å². The van der Waals surface area contributed by atoms with Crippen LogP contribution >= 0.6 is 0 Å². The van der Waals surface area contributed by atoms with E-state index in [0.717, 1.165) is 16.7 Å². The van der Waals surface area contributed by atoms with Gasteiger partial charge in [0.25, 0.3) is 0 Å². The molecule has 0 saturated heterocycles. The quantitative estimate of drug-likeness (QED) is 0.759. The standard InChI is InChI=1S/C15H13NO3/c1-16-14-8-11(18)3-5-13(14)12-4-2-10(17)6-9(12)7-15(16)19/h2-6,8,17-18H,7H2,1H3. The summed E-state index contributed by atoms with van der Waals surface area (Å²) >= 11 is 0. The van der Waals surface area contributed by atoms with Gasteiger partial charge in [-0.2, -0.15) is 0 Å². The average molecular weight is 255 g/mol. The number of phenols is 2. The lowest BCUT2D eigenvalue weighted by Gasteiger charge is -2.17. The van der Waals surface area contributed by atoms with E-state index >= 15 is 0 Å². The van der Waals surface area contributed by atoms with Crippen LogP contribution in [-0.4, -0.2) is 23.2 Å². The van der Waals surface area contributed by atoms with Crippen molar-refractivity contribution in [1.82, 2.24) is 0 Å². The van der Waals surface area contributed by atoms with Gasteiger partial charge in [-0.1, -0.05) is 6.07 Å². The molecule has 2 aromatic rings. The van der Waals surface area contributed by atoms with Crippen LogP contribution < -0.4 is 4.90 Å². The molecule has 0 spiro atoms. The molecule has 0 saturated carbocycles. The first-order valence-corrected chi connectivity index (χ1v) is 5.98. The van der Waals surface area contributed by atoms with E-state index in [9.17, 15) is 15.0 Å². The Kier molecular flexibility index (Phi) is 2.45. The van der Waals surface area contributed by atoms with Gasteiger partial charge in [0.2, 0.25) is 5.91 Å². The van der Waals surface area contributed by atoms with E-state index in [1.807, 2.05) is 0 Å². The molecule has 1 aliphatic heterocycles. The number of rotatable bonds is 0. The van der Waals surface area contributed by atoms with Crippen molar-refractivity contribution >= 4 is 11.6 Å². The number of carbonyl (C=O) groups is 1. The topological polar surface area (TPSA) is 60.8 Å². The second-order valence-electron chi connectivity index (χ2n) is 4.67. The lowest BCUT2D eigenvalue weighted by atomic mass is 9.97. The molecular weight excluding hydrogens is 242 g/mol. The molecule has 1 aliphatic rings. The van der Waals surface area contributed by atoms with Crippen LogP contribution in [0.1, 0.15) is 5.56 Å². The maximum atomic E-state index is 12.1. The van der Waals surface area contributed by atoms with E-state index in [1.165, 1.54) is 4.90 Å². The van der Waals surface area contributed by atoms with Gasteiger partial charge in [-0.15, -0.1) is 0 Å². The number of phenolic OH excluding ortho intramolecular Hbond substituents is 2. The maximum Gasteiger partial charge on any atom is 0.231 e. The summed E-state index contributed by atoms with van der Waals surface area (Å²) in [6, 6.07) is 9.98. The Hall–Kier alpha value is -2.49. The summed E-state index contributed by atoms with van der Waals surface area (Å²) in [5, 5.41) is 19.2. The lowest BCUT2D eigenvalue weighted by molar-refractivity contribution is -0.117. The normalized spacial score (nSPS) is 13.7. The summed E-state index contributed by atoms with van der Waals surface area (Å²) < 4.78 is 0. The molecule has 4 nitrogen and oxygen atoms in total. The lowest BCUT2D eigenvalue weighted by Crippen LogP contribution is -2.26. The van der Waals surface area contributed by atoms with Gasteiger partial charge in [0.05, 0.1) is 12.1 Å². The Morgan fingerprint density at radius 2 is 1.63 bits per heavy atom. The molecule has 0 aromatic heterocycles. The Labute approximate surface area is 110 Å². The van der Waals surface area contributed by atoms with Gasteiger partial charge in [0, 0.05) is 18.7 Å². The molecular formula is C15H13NO3. The fourth-order valence-electron chi connectivity index (χ4n) is 2.43. The minimum atomic E-state index is -0.0730. The number of carbonyl (C=O) groups excluding carboxylic acids is 1. The third kappa shape index (κ3) is 1.81. The number of anilines is 1. The highest BCUT2D eigenvalue weighted by Gasteiger charge is 2.23. The van der Waals surface area contributed by atoms with Gasteiger partial charge in [-0.05, 0) is 35.4 Å². The Morgan fingerprint density at radius 3 is 2.37 bits per heavy atom. The summed E-state index contributed by atoms with van der Waals surface area (Å²) in [4.78, 5) is 13.7. The van der Waals surface area contributed by atoms with E-state index < -0.39 is 0 Å². The summed E-state index contributed by atoms with van der Waals surface area (Å²) in [5.74, 6) is 0.202. The molecule has 4 heteroatoms. The summed E-state index contributed by atoms with van der Waals surface area (Å²) in [5.41, 5.74) is 3.25. The van der Waals surface area contributed by atoms with Crippen molar-refractivity contribution in [3.63, 3.8) is 0 Å². The summed E-state index contributed by atoms with van der Waals surface area (Å²) in [6.07, 6.45) is 0.232. The zero-order valence-corrected chi connectivity index (χ0v) is 10.4. The first-order chi connectivity index (χ1) is 9.06. The molecule has 0 aliphatic carbocycles. The van der Waals surface area contributed by atoms with Crippen molar-refractivity contribution in [1.29, 1.82) is 0 Å². The molecule has 3 rings (SSSR count). The fraction of sp³-hybridized carbons (Fsp3) is 0.133. The maximum absolute atomic E-state index is 12.1.